The van der Waals surface area contributed by atoms with Gasteiger partial charge in [0.1, 0.15) is 5.00 Å². The van der Waals surface area contributed by atoms with Crippen LogP contribution in [-0.2, 0) is 0 Å². The minimum absolute atomic E-state index is 0.120. The Morgan fingerprint density at radius 3 is 2.55 bits per heavy atom. The molecule has 104 valence electrons. The average molecular weight is 354 g/mol. The predicted molar refractivity (Wildman–Crippen MR) is 82.8 cm³/mol. The fourth-order valence-corrected chi connectivity index (χ4v) is 2.87. The molecule has 2 N–H and O–H groups in total. The van der Waals surface area contributed by atoms with Crippen LogP contribution in [0.1, 0.15) is 31.2 Å². The van der Waals surface area contributed by atoms with E-state index in [0.29, 0.717) is 10.6 Å². The average Bonchev–Trinajstić information content (AvgIpc) is 2.73. The van der Waals surface area contributed by atoms with E-state index in [9.17, 15) is 9.59 Å². The lowest BCUT2D eigenvalue weighted by molar-refractivity contribution is 0.0698. The highest BCUT2D eigenvalue weighted by Crippen LogP contribution is 2.28. The van der Waals surface area contributed by atoms with Gasteiger partial charge in [-0.15, -0.1) is 11.3 Å². The van der Waals surface area contributed by atoms with E-state index in [4.69, 9.17) is 5.11 Å². The molecule has 1 heterocycles. The minimum atomic E-state index is -1.04. The third kappa shape index (κ3) is 3.08. The van der Waals surface area contributed by atoms with Gasteiger partial charge in [0.25, 0.3) is 5.91 Å². The number of anilines is 1. The zero-order valence-corrected chi connectivity index (χ0v) is 13.3. The Kier molecular flexibility index (Phi) is 4.25. The number of halogens is 1. The number of amides is 1. The summed E-state index contributed by atoms with van der Waals surface area (Å²) in [4.78, 5) is 24.1. The molecule has 0 aliphatic heterocycles. The van der Waals surface area contributed by atoms with Crippen molar-refractivity contribution in [2.75, 3.05) is 5.32 Å². The van der Waals surface area contributed by atoms with Gasteiger partial charge in [-0.2, -0.15) is 0 Å². The number of carbonyl (C=O) groups is 2. The molecule has 2 aromatic rings. The second-order valence-corrected chi connectivity index (χ2v) is 6.43. The molecule has 20 heavy (non-hydrogen) atoms. The minimum Gasteiger partial charge on any atom is -0.478 e. The van der Waals surface area contributed by atoms with Gasteiger partial charge in [0.2, 0.25) is 0 Å². The molecule has 0 aliphatic rings. The van der Waals surface area contributed by atoms with Crippen molar-refractivity contribution < 1.29 is 14.7 Å². The summed E-state index contributed by atoms with van der Waals surface area (Å²) in [7, 11) is 0. The number of benzene rings is 1. The van der Waals surface area contributed by atoms with E-state index in [1.807, 2.05) is 6.92 Å². The number of carboxylic acids is 1. The van der Waals surface area contributed by atoms with E-state index in [1.165, 1.54) is 11.3 Å². The van der Waals surface area contributed by atoms with Crippen LogP contribution in [0.4, 0.5) is 5.00 Å². The number of rotatable bonds is 3. The number of thiophene rings is 1. The SMILES string of the molecule is Cc1cc(C(=O)O)c(NC(=O)c2ccc(Br)c(C)c2)s1. The van der Waals surface area contributed by atoms with Gasteiger partial charge in [-0.05, 0) is 43.7 Å². The van der Waals surface area contributed by atoms with Crippen LogP contribution in [0.2, 0.25) is 0 Å². The second kappa shape index (κ2) is 5.76. The van der Waals surface area contributed by atoms with Crippen molar-refractivity contribution in [1.82, 2.24) is 0 Å². The maximum atomic E-state index is 12.1. The quantitative estimate of drug-likeness (QED) is 0.873. The van der Waals surface area contributed by atoms with Crippen LogP contribution in [0, 0.1) is 13.8 Å². The van der Waals surface area contributed by atoms with Gasteiger partial charge in [0.05, 0.1) is 5.56 Å². The van der Waals surface area contributed by atoms with Gasteiger partial charge < -0.3 is 10.4 Å². The standard InChI is InChI=1S/C14H12BrNO3S/c1-7-5-9(3-4-11(7)15)12(17)16-13-10(14(18)19)6-8(2)20-13/h3-6H,1-2H3,(H,16,17)(H,18,19). The Morgan fingerprint density at radius 2 is 1.95 bits per heavy atom. The van der Waals surface area contributed by atoms with Crippen LogP contribution in [0.5, 0.6) is 0 Å². The lowest BCUT2D eigenvalue weighted by Crippen LogP contribution is -2.13. The van der Waals surface area contributed by atoms with Gasteiger partial charge in [-0.3, -0.25) is 4.79 Å². The summed E-state index contributed by atoms with van der Waals surface area (Å²) in [5.41, 5.74) is 1.56. The van der Waals surface area contributed by atoms with Crippen LogP contribution in [0.25, 0.3) is 0 Å². The van der Waals surface area contributed by atoms with Crippen molar-refractivity contribution in [1.29, 1.82) is 0 Å². The van der Waals surface area contributed by atoms with Crippen molar-refractivity contribution in [2.45, 2.75) is 13.8 Å². The van der Waals surface area contributed by atoms with Crippen molar-refractivity contribution in [3.63, 3.8) is 0 Å². The van der Waals surface area contributed by atoms with Gasteiger partial charge >= 0.3 is 5.97 Å². The maximum absolute atomic E-state index is 12.1. The molecule has 0 unspecified atom stereocenters. The molecule has 1 aromatic heterocycles. The smallest absolute Gasteiger partial charge is 0.338 e. The first-order valence-electron chi connectivity index (χ1n) is 5.79. The van der Waals surface area contributed by atoms with Gasteiger partial charge in [-0.1, -0.05) is 15.9 Å². The van der Waals surface area contributed by atoms with E-state index in [-0.39, 0.29) is 11.5 Å². The van der Waals surface area contributed by atoms with E-state index in [0.717, 1.165) is 14.9 Å². The Balaban J connectivity index is 2.27. The number of aromatic carboxylic acids is 1. The van der Waals surface area contributed by atoms with E-state index >= 15 is 0 Å². The predicted octanol–water partition coefficient (Wildman–Crippen LogP) is 4.08. The molecule has 0 bridgehead atoms. The van der Waals surface area contributed by atoms with Crippen molar-refractivity contribution >= 4 is 44.1 Å². The zero-order valence-electron chi connectivity index (χ0n) is 10.9. The molecule has 1 amide bonds. The van der Waals surface area contributed by atoms with Gasteiger partial charge in [0, 0.05) is 14.9 Å². The number of hydrogen-bond acceptors (Lipinski definition) is 3. The first-order valence-corrected chi connectivity index (χ1v) is 7.40. The summed E-state index contributed by atoms with van der Waals surface area (Å²) in [5.74, 6) is -1.36. The molecular weight excluding hydrogens is 342 g/mol. The number of nitrogens with one attached hydrogen (secondary N) is 1. The van der Waals surface area contributed by atoms with Crippen molar-refractivity contribution in [3.8, 4) is 0 Å². The topological polar surface area (TPSA) is 66.4 Å². The maximum Gasteiger partial charge on any atom is 0.338 e. The van der Waals surface area contributed by atoms with E-state index < -0.39 is 5.97 Å². The normalized spacial score (nSPS) is 10.3. The number of carboxylic acid groups (broad SMARTS) is 1. The third-order valence-corrected chi connectivity index (χ3v) is 4.59. The highest BCUT2D eigenvalue weighted by molar-refractivity contribution is 9.10. The molecule has 0 fully saturated rings. The Morgan fingerprint density at radius 1 is 1.25 bits per heavy atom. The first-order chi connectivity index (χ1) is 9.38. The van der Waals surface area contributed by atoms with Crippen LogP contribution < -0.4 is 5.32 Å². The van der Waals surface area contributed by atoms with E-state index in [1.54, 1.807) is 31.2 Å². The Hall–Kier alpha value is -1.66. The summed E-state index contributed by atoms with van der Waals surface area (Å²) in [6.45, 7) is 3.69. The first kappa shape index (κ1) is 14.7. The van der Waals surface area contributed by atoms with Crippen molar-refractivity contribution in [3.05, 3.63) is 50.3 Å². The lowest BCUT2D eigenvalue weighted by Gasteiger charge is -2.06. The Labute approximate surface area is 128 Å². The summed E-state index contributed by atoms with van der Waals surface area (Å²) in [6, 6.07) is 6.78. The summed E-state index contributed by atoms with van der Waals surface area (Å²) < 4.78 is 0.923. The van der Waals surface area contributed by atoms with Gasteiger partial charge in [-0.25, -0.2) is 4.79 Å². The lowest BCUT2D eigenvalue weighted by atomic mass is 10.1. The summed E-state index contributed by atoms with van der Waals surface area (Å²) >= 11 is 4.62. The highest BCUT2D eigenvalue weighted by atomic mass is 79.9. The fraction of sp³-hybridized carbons (Fsp3) is 0.143. The van der Waals surface area contributed by atoms with Crippen LogP contribution in [0.15, 0.2) is 28.7 Å². The molecule has 0 atom stereocenters. The fourth-order valence-electron chi connectivity index (χ4n) is 1.73. The molecule has 0 saturated heterocycles. The largest absolute Gasteiger partial charge is 0.478 e. The summed E-state index contributed by atoms with van der Waals surface area (Å²) in [6.07, 6.45) is 0. The molecule has 6 heteroatoms. The van der Waals surface area contributed by atoms with Crippen molar-refractivity contribution in [2.24, 2.45) is 0 Å². The molecule has 0 spiro atoms. The molecular formula is C14H12BrNO3S. The van der Waals surface area contributed by atoms with Gasteiger partial charge in [0.15, 0.2) is 0 Å². The van der Waals surface area contributed by atoms with Crippen LogP contribution in [0.3, 0.4) is 0 Å². The molecule has 1 aromatic carbocycles. The third-order valence-electron chi connectivity index (χ3n) is 2.73. The Bertz CT molecular complexity index is 694. The number of carbonyl (C=O) groups excluding carboxylic acids is 1. The van der Waals surface area contributed by atoms with Crippen LogP contribution in [-0.4, -0.2) is 17.0 Å². The molecule has 0 radical (unpaired) electrons. The number of aryl methyl sites for hydroxylation is 2. The highest BCUT2D eigenvalue weighted by Gasteiger charge is 2.16. The second-order valence-electron chi connectivity index (χ2n) is 4.32. The van der Waals surface area contributed by atoms with Crippen LogP contribution >= 0.6 is 27.3 Å². The summed E-state index contributed by atoms with van der Waals surface area (Å²) in [5, 5.41) is 12.1. The number of hydrogen-bond donors (Lipinski definition) is 2. The molecule has 4 nitrogen and oxygen atoms in total. The zero-order chi connectivity index (χ0) is 14.9. The molecule has 0 saturated carbocycles. The van der Waals surface area contributed by atoms with E-state index in [2.05, 4.69) is 21.2 Å². The molecule has 0 aliphatic carbocycles. The monoisotopic (exact) mass is 353 g/mol. The molecule has 2 rings (SSSR count).